The molecule has 0 aliphatic heterocycles. The monoisotopic (exact) mass is 265 g/mol. The van der Waals surface area contributed by atoms with Crippen LogP contribution in [0, 0.1) is 0 Å². The first-order valence-electron chi connectivity index (χ1n) is 7.89. The van der Waals surface area contributed by atoms with Crippen molar-refractivity contribution in [1.29, 1.82) is 0 Å². The molecule has 1 saturated carbocycles. The summed E-state index contributed by atoms with van der Waals surface area (Å²) in [5.41, 5.74) is 0. The van der Waals surface area contributed by atoms with E-state index < -0.39 is 0 Å². The molecule has 1 aromatic heterocycles. The molecule has 4 heteroatoms. The molecule has 1 heterocycles. The highest BCUT2D eigenvalue weighted by Gasteiger charge is 2.20. The SMILES string of the molecule is CCCCC(CC)c1nnc(CCCNC2CC2)o1. The Morgan fingerprint density at radius 1 is 1.26 bits per heavy atom. The quantitative estimate of drug-likeness (QED) is 0.658. The first kappa shape index (κ1) is 14.5. The van der Waals surface area contributed by atoms with Crippen LogP contribution in [0.4, 0.5) is 0 Å². The van der Waals surface area contributed by atoms with Crippen molar-refractivity contribution in [2.75, 3.05) is 6.54 Å². The van der Waals surface area contributed by atoms with Gasteiger partial charge in [0.1, 0.15) is 0 Å². The maximum absolute atomic E-state index is 5.81. The van der Waals surface area contributed by atoms with Gasteiger partial charge in [-0.1, -0.05) is 26.7 Å². The van der Waals surface area contributed by atoms with Crippen LogP contribution in [0.15, 0.2) is 4.42 Å². The lowest BCUT2D eigenvalue weighted by atomic mass is 10.00. The van der Waals surface area contributed by atoms with Crippen LogP contribution in [0.2, 0.25) is 0 Å². The average molecular weight is 265 g/mol. The van der Waals surface area contributed by atoms with Gasteiger partial charge in [-0.25, -0.2) is 0 Å². The summed E-state index contributed by atoms with van der Waals surface area (Å²) in [6.45, 7) is 5.48. The van der Waals surface area contributed by atoms with Crippen molar-refractivity contribution in [1.82, 2.24) is 15.5 Å². The second-order valence-corrected chi connectivity index (χ2v) is 5.61. The first-order valence-corrected chi connectivity index (χ1v) is 7.89. The number of hydrogen-bond acceptors (Lipinski definition) is 4. The van der Waals surface area contributed by atoms with Crippen molar-refractivity contribution in [3.63, 3.8) is 0 Å². The van der Waals surface area contributed by atoms with E-state index in [1.807, 2.05) is 0 Å². The molecule has 0 radical (unpaired) electrons. The predicted octanol–water partition coefficient (Wildman–Crippen LogP) is 3.44. The van der Waals surface area contributed by atoms with E-state index in [9.17, 15) is 0 Å². The van der Waals surface area contributed by atoms with E-state index in [1.165, 1.54) is 25.7 Å². The summed E-state index contributed by atoms with van der Waals surface area (Å²) in [4.78, 5) is 0. The fourth-order valence-electron chi connectivity index (χ4n) is 2.32. The third-order valence-electron chi connectivity index (χ3n) is 3.81. The van der Waals surface area contributed by atoms with Gasteiger partial charge < -0.3 is 9.73 Å². The number of aryl methyl sites for hydroxylation is 1. The maximum Gasteiger partial charge on any atom is 0.219 e. The van der Waals surface area contributed by atoms with Gasteiger partial charge in [-0.3, -0.25) is 0 Å². The van der Waals surface area contributed by atoms with Crippen molar-refractivity contribution >= 4 is 0 Å². The average Bonchev–Trinajstić information content (AvgIpc) is 3.14. The van der Waals surface area contributed by atoms with Gasteiger partial charge in [0.25, 0.3) is 0 Å². The van der Waals surface area contributed by atoms with E-state index in [2.05, 4.69) is 29.4 Å². The zero-order valence-electron chi connectivity index (χ0n) is 12.3. The molecule has 0 bridgehead atoms. The molecule has 4 nitrogen and oxygen atoms in total. The number of hydrogen-bond donors (Lipinski definition) is 1. The minimum absolute atomic E-state index is 0.450. The van der Waals surface area contributed by atoms with Crippen molar-refractivity contribution in [3.05, 3.63) is 11.8 Å². The number of rotatable bonds is 10. The Kier molecular flexibility index (Phi) is 5.83. The summed E-state index contributed by atoms with van der Waals surface area (Å²) in [7, 11) is 0. The predicted molar refractivity (Wildman–Crippen MR) is 76.2 cm³/mol. The largest absolute Gasteiger partial charge is 0.425 e. The molecule has 0 amide bonds. The molecular formula is C15H27N3O. The lowest BCUT2D eigenvalue weighted by Crippen LogP contribution is -2.17. The van der Waals surface area contributed by atoms with Crippen LogP contribution in [-0.4, -0.2) is 22.8 Å². The summed E-state index contributed by atoms with van der Waals surface area (Å²) in [5.74, 6) is 2.11. The number of unbranched alkanes of at least 4 members (excludes halogenated alkanes) is 1. The zero-order chi connectivity index (χ0) is 13.5. The van der Waals surface area contributed by atoms with Gasteiger partial charge in [-0.2, -0.15) is 0 Å². The number of aromatic nitrogens is 2. The molecule has 2 rings (SSSR count). The Labute approximate surface area is 116 Å². The zero-order valence-corrected chi connectivity index (χ0v) is 12.3. The van der Waals surface area contributed by atoms with Gasteiger partial charge in [0.05, 0.1) is 0 Å². The molecule has 0 aromatic carbocycles. The van der Waals surface area contributed by atoms with Crippen molar-refractivity contribution in [3.8, 4) is 0 Å². The molecular weight excluding hydrogens is 238 g/mol. The standard InChI is InChI=1S/C15H27N3O/c1-3-5-7-12(4-2)15-18-17-14(19-15)8-6-11-16-13-9-10-13/h12-13,16H,3-11H2,1-2H3. The highest BCUT2D eigenvalue weighted by Crippen LogP contribution is 2.24. The molecule has 1 unspecified atom stereocenters. The van der Waals surface area contributed by atoms with Crippen LogP contribution in [0.1, 0.15) is 76.5 Å². The summed E-state index contributed by atoms with van der Waals surface area (Å²) in [6, 6.07) is 0.789. The van der Waals surface area contributed by atoms with Crippen molar-refractivity contribution in [2.24, 2.45) is 0 Å². The van der Waals surface area contributed by atoms with Crippen LogP contribution in [0.3, 0.4) is 0 Å². The van der Waals surface area contributed by atoms with Gasteiger partial charge in [0.2, 0.25) is 11.8 Å². The fraction of sp³-hybridized carbons (Fsp3) is 0.867. The van der Waals surface area contributed by atoms with Crippen LogP contribution in [0.5, 0.6) is 0 Å². The Morgan fingerprint density at radius 3 is 2.79 bits per heavy atom. The minimum Gasteiger partial charge on any atom is -0.425 e. The summed E-state index contributed by atoms with van der Waals surface area (Å²) in [6.07, 6.45) is 9.40. The van der Waals surface area contributed by atoms with Crippen LogP contribution >= 0.6 is 0 Å². The minimum atomic E-state index is 0.450. The van der Waals surface area contributed by atoms with Crippen molar-refractivity contribution < 1.29 is 4.42 Å². The van der Waals surface area contributed by atoms with E-state index in [0.29, 0.717) is 5.92 Å². The maximum atomic E-state index is 5.81. The van der Waals surface area contributed by atoms with Gasteiger partial charge >= 0.3 is 0 Å². The van der Waals surface area contributed by atoms with Gasteiger partial charge in [0, 0.05) is 18.4 Å². The van der Waals surface area contributed by atoms with E-state index in [0.717, 1.165) is 50.1 Å². The molecule has 1 atom stereocenters. The topological polar surface area (TPSA) is 51.0 Å². The van der Waals surface area contributed by atoms with E-state index in [-0.39, 0.29) is 0 Å². The molecule has 0 spiro atoms. The Morgan fingerprint density at radius 2 is 2.11 bits per heavy atom. The van der Waals surface area contributed by atoms with E-state index in [1.54, 1.807) is 0 Å². The summed E-state index contributed by atoms with van der Waals surface area (Å²) >= 11 is 0. The van der Waals surface area contributed by atoms with Crippen molar-refractivity contribution in [2.45, 2.75) is 77.2 Å². The number of nitrogens with one attached hydrogen (secondary N) is 1. The Bertz CT molecular complexity index is 360. The lowest BCUT2D eigenvalue weighted by Gasteiger charge is -2.08. The molecule has 108 valence electrons. The summed E-state index contributed by atoms with van der Waals surface area (Å²) in [5, 5.41) is 11.9. The molecule has 0 saturated heterocycles. The highest BCUT2D eigenvalue weighted by molar-refractivity contribution is 4.91. The second kappa shape index (κ2) is 7.63. The molecule has 19 heavy (non-hydrogen) atoms. The lowest BCUT2D eigenvalue weighted by molar-refractivity contribution is 0.389. The summed E-state index contributed by atoms with van der Waals surface area (Å²) < 4.78 is 5.81. The van der Waals surface area contributed by atoms with Gasteiger partial charge in [-0.15, -0.1) is 10.2 Å². The highest BCUT2D eigenvalue weighted by atomic mass is 16.4. The molecule has 1 aromatic rings. The van der Waals surface area contributed by atoms with Crippen LogP contribution < -0.4 is 5.32 Å². The Balaban J connectivity index is 1.72. The fourth-order valence-corrected chi connectivity index (χ4v) is 2.32. The van der Waals surface area contributed by atoms with Gasteiger partial charge in [-0.05, 0) is 38.6 Å². The molecule has 1 fully saturated rings. The van der Waals surface area contributed by atoms with Gasteiger partial charge in [0.15, 0.2) is 0 Å². The van der Waals surface area contributed by atoms with E-state index >= 15 is 0 Å². The molecule has 1 aliphatic rings. The van der Waals surface area contributed by atoms with E-state index in [4.69, 9.17) is 4.42 Å². The van der Waals surface area contributed by atoms with Crippen LogP contribution in [-0.2, 0) is 6.42 Å². The first-order chi connectivity index (χ1) is 9.33. The third kappa shape index (κ3) is 4.94. The molecule has 1 aliphatic carbocycles. The Hall–Kier alpha value is -0.900. The van der Waals surface area contributed by atoms with Crippen LogP contribution in [0.25, 0.3) is 0 Å². The molecule has 1 N–H and O–H groups in total. The second-order valence-electron chi connectivity index (χ2n) is 5.61. The normalized spacial score (nSPS) is 16.7. The number of nitrogens with zero attached hydrogens (tertiary/aromatic N) is 2. The third-order valence-corrected chi connectivity index (χ3v) is 3.81. The smallest absolute Gasteiger partial charge is 0.219 e.